The lowest BCUT2D eigenvalue weighted by molar-refractivity contribution is -0.128. The summed E-state index contributed by atoms with van der Waals surface area (Å²) in [6.07, 6.45) is 4.06. The Balaban J connectivity index is 1.61. The standard InChI is InChI=1S/C15H26N2O2/c1-14(2)8-12(15(3,4)19-14)16-10-7-13(18)17(9-10)11-5-6-11/h10-12,16H,5-9H2,1-4H3/t10-,12-/m1/s1. The van der Waals surface area contributed by atoms with Gasteiger partial charge in [0.25, 0.3) is 0 Å². The van der Waals surface area contributed by atoms with Gasteiger partial charge in [-0.25, -0.2) is 0 Å². The Kier molecular flexibility index (Phi) is 2.95. The van der Waals surface area contributed by atoms with Crippen molar-refractivity contribution in [2.75, 3.05) is 6.54 Å². The van der Waals surface area contributed by atoms with E-state index in [2.05, 4.69) is 37.9 Å². The maximum Gasteiger partial charge on any atom is 0.224 e. The second-order valence-electron chi connectivity index (χ2n) is 7.57. The van der Waals surface area contributed by atoms with Crippen LogP contribution in [-0.4, -0.2) is 46.7 Å². The number of rotatable bonds is 3. The number of nitrogens with one attached hydrogen (secondary N) is 1. The molecule has 0 aromatic carbocycles. The van der Waals surface area contributed by atoms with Crippen LogP contribution in [0.3, 0.4) is 0 Å². The minimum absolute atomic E-state index is 0.0695. The molecule has 4 heteroatoms. The summed E-state index contributed by atoms with van der Waals surface area (Å²) in [5, 5.41) is 3.68. The van der Waals surface area contributed by atoms with E-state index in [0.717, 1.165) is 13.0 Å². The maximum atomic E-state index is 12.0. The summed E-state index contributed by atoms with van der Waals surface area (Å²) in [6, 6.07) is 1.18. The molecule has 2 atom stereocenters. The number of likely N-dealkylation sites (tertiary alicyclic amines) is 1. The summed E-state index contributed by atoms with van der Waals surface area (Å²) in [5.41, 5.74) is -0.223. The van der Waals surface area contributed by atoms with Crippen molar-refractivity contribution < 1.29 is 9.53 Å². The number of carbonyl (C=O) groups is 1. The summed E-state index contributed by atoms with van der Waals surface area (Å²) in [7, 11) is 0. The number of hydrogen-bond donors (Lipinski definition) is 1. The third-order valence-electron chi connectivity index (χ3n) is 4.66. The molecule has 19 heavy (non-hydrogen) atoms. The lowest BCUT2D eigenvalue weighted by Crippen LogP contribution is -2.48. The van der Waals surface area contributed by atoms with E-state index < -0.39 is 0 Å². The third-order valence-corrected chi connectivity index (χ3v) is 4.66. The van der Waals surface area contributed by atoms with Crippen molar-refractivity contribution in [3.63, 3.8) is 0 Å². The van der Waals surface area contributed by atoms with Gasteiger partial charge in [-0.15, -0.1) is 0 Å². The molecular weight excluding hydrogens is 240 g/mol. The van der Waals surface area contributed by atoms with Crippen LogP contribution >= 0.6 is 0 Å². The van der Waals surface area contributed by atoms with Gasteiger partial charge in [-0.1, -0.05) is 0 Å². The van der Waals surface area contributed by atoms with Crippen LogP contribution in [0, 0.1) is 0 Å². The van der Waals surface area contributed by atoms with E-state index >= 15 is 0 Å². The van der Waals surface area contributed by atoms with Crippen LogP contribution in [-0.2, 0) is 9.53 Å². The second-order valence-corrected chi connectivity index (χ2v) is 7.57. The Morgan fingerprint density at radius 1 is 1.26 bits per heavy atom. The predicted octanol–water partition coefficient (Wildman–Crippen LogP) is 1.69. The zero-order chi connectivity index (χ0) is 13.8. The summed E-state index contributed by atoms with van der Waals surface area (Å²) in [4.78, 5) is 14.1. The van der Waals surface area contributed by atoms with Gasteiger partial charge in [0, 0.05) is 31.1 Å². The van der Waals surface area contributed by atoms with Crippen molar-refractivity contribution in [1.29, 1.82) is 0 Å². The highest BCUT2D eigenvalue weighted by Crippen LogP contribution is 2.38. The number of amides is 1. The monoisotopic (exact) mass is 266 g/mol. The van der Waals surface area contributed by atoms with Crippen molar-refractivity contribution in [3.05, 3.63) is 0 Å². The summed E-state index contributed by atoms with van der Waals surface area (Å²) < 4.78 is 6.11. The molecule has 3 rings (SSSR count). The lowest BCUT2D eigenvalue weighted by Gasteiger charge is -2.29. The molecule has 1 aliphatic carbocycles. The smallest absolute Gasteiger partial charge is 0.224 e. The third kappa shape index (κ3) is 2.65. The molecule has 0 aromatic heterocycles. The van der Waals surface area contributed by atoms with Crippen LogP contribution in [0.5, 0.6) is 0 Å². The molecule has 0 aromatic rings. The number of ether oxygens (including phenoxy) is 1. The fraction of sp³-hybridized carbons (Fsp3) is 0.933. The van der Waals surface area contributed by atoms with Crippen LogP contribution < -0.4 is 5.32 Å². The summed E-state index contributed by atoms with van der Waals surface area (Å²) in [5.74, 6) is 0.330. The van der Waals surface area contributed by atoms with Gasteiger partial charge in [0.2, 0.25) is 5.91 Å². The Hall–Kier alpha value is -0.610. The highest BCUT2D eigenvalue weighted by atomic mass is 16.5. The van der Waals surface area contributed by atoms with Gasteiger partial charge in [0.15, 0.2) is 0 Å². The van der Waals surface area contributed by atoms with Crippen molar-refractivity contribution in [1.82, 2.24) is 10.2 Å². The van der Waals surface area contributed by atoms with Gasteiger partial charge >= 0.3 is 0 Å². The van der Waals surface area contributed by atoms with Gasteiger partial charge in [-0.2, -0.15) is 0 Å². The minimum atomic E-state index is -0.153. The van der Waals surface area contributed by atoms with Gasteiger partial charge in [0.05, 0.1) is 11.2 Å². The van der Waals surface area contributed by atoms with E-state index in [9.17, 15) is 4.79 Å². The highest BCUT2D eigenvalue weighted by molar-refractivity contribution is 5.80. The van der Waals surface area contributed by atoms with E-state index in [4.69, 9.17) is 4.74 Å². The molecule has 3 fully saturated rings. The molecule has 0 radical (unpaired) electrons. The average molecular weight is 266 g/mol. The molecule has 4 nitrogen and oxygen atoms in total. The largest absolute Gasteiger partial charge is 0.368 e. The minimum Gasteiger partial charge on any atom is -0.368 e. The molecule has 1 amide bonds. The van der Waals surface area contributed by atoms with E-state index in [-0.39, 0.29) is 11.2 Å². The average Bonchev–Trinajstić information content (AvgIpc) is 2.97. The Morgan fingerprint density at radius 3 is 2.47 bits per heavy atom. The fourth-order valence-corrected chi connectivity index (χ4v) is 3.69. The number of nitrogens with zero attached hydrogens (tertiary/aromatic N) is 1. The van der Waals surface area contributed by atoms with Crippen molar-refractivity contribution in [2.24, 2.45) is 0 Å². The normalized spacial score (nSPS) is 37.1. The van der Waals surface area contributed by atoms with Crippen LogP contribution in [0.4, 0.5) is 0 Å². The van der Waals surface area contributed by atoms with E-state index in [0.29, 0.717) is 30.5 Å². The first-order valence-electron chi connectivity index (χ1n) is 7.52. The fourth-order valence-electron chi connectivity index (χ4n) is 3.69. The Bertz CT molecular complexity index is 388. The molecule has 0 spiro atoms. The first kappa shape index (κ1) is 13.4. The summed E-state index contributed by atoms with van der Waals surface area (Å²) in [6.45, 7) is 9.47. The van der Waals surface area contributed by atoms with Gasteiger partial charge < -0.3 is 15.0 Å². The van der Waals surface area contributed by atoms with Crippen molar-refractivity contribution in [3.8, 4) is 0 Å². The molecule has 2 heterocycles. The Labute approximate surface area is 115 Å². The quantitative estimate of drug-likeness (QED) is 0.845. The molecule has 1 saturated carbocycles. The predicted molar refractivity (Wildman–Crippen MR) is 73.9 cm³/mol. The Morgan fingerprint density at radius 2 is 1.95 bits per heavy atom. The highest BCUT2D eigenvalue weighted by Gasteiger charge is 2.48. The number of hydrogen-bond acceptors (Lipinski definition) is 3. The van der Waals surface area contributed by atoms with Crippen molar-refractivity contribution >= 4 is 5.91 Å². The molecular formula is C15H26N2O2. The van der Waals surface area contributed by atoms with Gasteiger partial charge in [0.1, 0.15) is 0 Å². The van der Waals surface area contributed by atoms with Gasteiger partial charge in [-0.05, 0) is 47.0 Å². The first-order valence-corrected chi connectivity index (χ1v) is 7.52. The zero-order valence-electron chi connectivity index (χ0n) is 12.5. The van der Waals surface area contributed by atoms with Crippen LogP contribution in [0.2, 0.25) is 0 Å². The topological polar surface area (TPSA) is 41.6 Å². The molecule has 1 N–H and O–H groups in total. The van der Waals surface area contributed by atoms with Crippen LogP contribution in [0.25, 0.3) is 0 Å². The SMILES string of the molecule is CC1(C)C[C@@H](N[C@@H]2CC(=O)N(C3CC3)C2)C(C)(C)O1. The molecule has 3 aliphatic rings. The van der Waals surface area contributed by atoms with E-state index in [1.807, 2.05) is 0 Å². The lowest BCUT2D eigenvalue weighted by atomic mass is 9.93. The molecule has 2 saturated heterocycles. The van der Waals surface area contributed by atoms with Crippen LogP contribution in [0.15, 0.2) is 0 Å². The van der Waals surface area contributed by atoms with Gasteiger partial charge in [-0.3, -0.25) is 4.79 Å². The molecule has 108 valence electrons. The molecule has 0 unspecified atom stereocenters. The van der Waals surface area contributed by atoms with Crippen molar-refractivity contribution in [2.45, 2.75) is 82.7 Å². The van der Waals surface area contributed by atoms with Crippen LogP contribution in [0.1, 0.15) is 53.4 Å². The number of carbonyl (C=O) groups excluding carboxylic acids is 1. The summed E-state index contributed by atoms with van der Waals surface area (Å²) >= 11 is 0. The first-order chi connectivity index (χ1) is 8.77. The van der Waals surface area contributed by atoms with E-state index in [1.54, 1.807) is 0 Å². The molecule has 2 aliphatic heterocycles. The second kappa shape index (κ2) is 4.19. The zero-order valence-corrected chi connectivity index (χ0v) is 12.5. The maximum absolute atomic E-state index is 12.0. The van der Waals surface area contributed by atoms with E-state index in [1.165, 1.54) is 12.8 Å². The molecule has 0 bridgehead atoms.